The van der Waals surface area contributed by atoms with Gasteiger partial charge in [-0.15, -0.1) is 0 Å². The third kappa shape index (κ3) is 3.15. The topological polar surface area (TPSA) is 118 Å². The fraction of sp³-hybridized carbons (Fsp3) is 0.412. The average Bonchev–Trinajstić information content (AvgIpc) is 2.81. The van der Waals surface area contributed by atoms with Crippen LogP contribution in [-0.2, 0) is 4.79 Å². The van der Waals surface area contributed by atoms with Gasteiger partial charge in [0.05, 0.1) is 11.3 Å². The van der Waals surface area contributed by atoms with E-state index in [0.29, 0.717) is 23.6 Å². The number of amides is 2. The van der Waals surface area contributed by atoms with Crippen molar-refractivity contribution in [3.05, 3.63) is 40.3 Å². The maximum atomic E-state index is 12.7. The Hall–Kier alpha value is -2.70. The number of nitrogens with zero attached hydrogens (tertiary/aromatic N) is 1. The number of nitrogens with one attached hydrogen (secondary N) is 2. The summed E-state index contributed by atoms with van der Waals surface area (Å²) < 4.78 is 0. The van der Waals surface area contributed by atoms with Gasteiger partial charge in [0.1, 0.15) is 0 Å². The molecular weight excluding hydrogens is 308 g/mol. The standard InChI is InChI=1S/C17H20N4O3/c18-15(22)12-8-2-1-3-9-13(12)19-17(24)14-10-6-4-5-7-11(10)16(23)21-20-14/h4-7,12-13H,1-3,8-9H2,(H2,18,22)(H,19,24)(H,21,23)/t12-,13+/m0/s1. The summed E-state index contributed by atoms with van der Waals surface area (Å²) in [7, 11) is 0. The van der Waals surface area contributed by atoms with Gasteiger partial charge in [-0.2, -0.15) is 5.10 Å². The normalized spacial score (nSPS) is 21.2. The van der Waals surface area contributed by atoms with E-state index in [-0.39, 0.29) is 29.1 Å². The van der Waals surface area contributed by atoms with E-state index in [1.54, 1.807) is 24.3 Å². The van der Waals surface area contributed by atoms with Crippen LogP contribution in [-0.4, -0.2) is 28.1 Å². The van der Waals surface area contributed by atoms with Crippen LogP contribution >= 0.6 is 0 Å². The van der Waals surface area contributed by atoms with E-state index >= 15 is 0 Å². The van der Waals surface area contributed by atoms with Gasteiger partial charge in [0.2, 0.25) is 5.91 Å². The highest BCUT2D eigenvalue weighted by molar-refractivity contribution is 6.04. The summed E-state index contributed by atoms with van der Waals surface area (Å²) in [5, 5.41) is 10.0. The van der Waals surface area contributed by atoms with Crippen molar-refractivity contribution in [2.75, 3.05) is 0 Å². The molecule has 4 N–H and O–H groups in total. The van der Waals surface area contributed by atoms with E-state index in [1.807, 2.05) is 0 Å². The van der Waals surface area contributed by atoms with Gasteiger partial charge in [-0.25, -0.2) is 5.10 Å². The Labute approximate surface area is 138 Å². The molecule has 1 saturated carbocycles. The first-order valence-corrected chi connectivity index (χ1v) is 8.15. The first-order chi connectivity index (χ1) is 11.6. The van der Waals surface area contributed by atoms with Crippen LogP contribution in [0.15, 0.2) is 29.1 Å². The molecule has 0 aliphatic heterocycles. The fourth-order valence-electron chi connectivity index (χ4n) is 3.35. The number of H-pyrrole nitrogens is 1. The molecule has 0 spiro atoms. The molecule has 0 radical (unpaired) electrons. The van der Waals surface area contributed by atoms with Gasteiger partial charge >= 0.3 is 0 Å². The Kier molecular flexibility index (Phi) is 4.59. The van der Waals surface area contributed by atoms with Crippen molar-refractivity contribution in [1.82, 2.24) is 15.5 Å². The second kappa shape index (κ2) is 6.82. The van der Waals surface area contributed by atoms with Crippen LogP contribution in [0.3, 0.4) is 0 Å². The number of carbonyl (C=O) groups excluding carboxylic acids is 2. The molecule has 1 aliphatic carbocycles. The summed E-state index contributed by atoms with van der Waals surface area (Å²) in [4.78, 5) is 36.2. The summed E-state index contributed by atoms with van der Waals surface area (Å²) in [5.41, 5.74) is 5.31. The van der Waals surface area contributed by atoms with Crippen LogP contribution in [0.1, 0.15) is 42.6 Å². The molecule has 0 bridgehead atoms. The summed E-state index contributed by atoms with van der Waals surface area (Å²) >= 11 is 0. The number of rotatable bonds is 3. The lowest BCUT2D eigenvalue weighted by molar-refractivity contribution is -0.122. The third-order valence-electron chi connectivity index (χ3n) is 4.61. The molecule has 2 atom stereocenters. The number of aromatic nitrogens is 2. The Morgan fingerprint density at radius 1 is 1.12 bits per heavy atom. The first kappa shape index (κ1) is 16.2. The summed E-state index contributed by atoms with van der Waals surface area (Å²) in [5.74, 6) is -1.16. The second-order valence-corrected chi connectivity index (χ2v) is 6.17. The molecule has 2 aromatic rings. The minimum Gasteiger partial charge on any atom is -0.369 e. The lowest BCUT2D eigenvalue weighted by Crippen LogP contribution is -2.45. The fourth-order valence-corrected chi connectivity index (χ4v) is 3.35. The Morgan fingerprint density at radius 2 is 1.83 bits per heavy atom. The zero-order valence-corrected chi connectivity index (χ0v) is 13.2. The van der Waals surface area contributed by atoms with Gasteiger partial charge in [-0.1, -0.05) is 37.5 Å². The van der Waals surface area contributed by atoms with Gasteiger partial charge in [0.25, 0.3) is 11.5 Å². The van der Waals surface area contributed by atoms with E-state index in [4.69, 9.17) is 5.73 Å². The van der Waals surface area contributed by atoms with Crippen LogP contribution in [0.5, 0.6) is 0 Å². The van der Waals surface area contributed by atoms with Crippen molar-refractivity contribution < 1.29 is 9.59 Å². The van der Waals surface area contributed by atoms with E-state index in [0.717, 1.165) is 19.3 Å². The molecule has 1 fully saturated rings. The molecule has 1 heterocycles. The van der Waals surface area contributed by atoms with Gasteiger partial charge in [-0.3, -0.25) is 14.4 Å². The quantitative estimate of drug-likeness (QED) is 0.731. The van der Waals surface area contributed by atoms with E-state index in [1.165, 1.54) is 0 Å². The lowest BCUT2D eigenvalue weighted by atomic mass is 9.94. The van der Waals surface area contributed by atoms with Crippen LogP contribution in [0.4, 0.5) is 0 Å². The SMILES string of the molecule is NC(=O)[C@H]1CCCCC[C@H]1NC(=O)c1n[nH]c(=O)c2ccccc12. The van der Waals surface area contributed by atoms with Crippen LogP contribution in [0.25, 0.3) is 10.8 Å². The van der Waals surface area contributed by atoms with Gasteiger partial charge in [0, 0.05) is 11.4 Å². The number of hydrogen-bond acceptors (Lipinski definition) is 4. The van der Waals surface area contributed by atoms with Crippen molar-refractivity contribution >= 4 is 22.6 Å². The van der Waals surface area contributed by atoms with Crippen LogP contribution < -0.4 is 16.6 Å². The van der Waals surface area contributed by atoms with E-state index in [2.05, 4.69) is 15.5 Å². The van der Waals surface area contributed by atoms with Crippen molar-refractivity contribution in [3.63, 3.8) is 0 Å². The monoisotopic (exact) mass is 328 g/mol. The molecule has 1 aliphatic rings. The van der Waals surface area contributed by atoms with Gasteiger partial charge < -0.3 is 11.1 Å². The molecule has 1 aromatic carbocycles. The Bertz CT molecular complexity index is 830. The zero-order chi connectivity index (χ0) is 17.1. The minimum atomic E-state index is -0.402. The molecular formula is C17H20N4O3. The second-order valence-electron chi connectivity index (χ2n) is 6.17. The highest BCUT2D eigenvalue weighted by Crippen LogP contribution is 2.24. The molecule has 3 rings (SSSR count). The first-order valence-electron chi connectivity index (χ1n) is 8.15. The minimum absolute atomic E-state index is 0.151. The molecule has 2 amide bonds. The van der Waals surface area contributed by atoms with Gasteiger partial charge in [-0.05, 0) is 18.9 Å². The lowest BCUT2D eigenvalue weighted by Gasteiger charge is -2.23. The number of hydrogen-bond donors (Lipinski definition) is 3. The average molecular weight is 328 g/mol. The molecule has 7 nitrogen and oxygen atoms in total. The smallest absolute Gasteiger partial charge is 0.272 e. The Balaban J connectivity index is 1.90. The molecule has 0 saturated heterocycles. The number of carbonyl (C=O) groups is 2. The van der Waals surface area contributed by atoms with Gasteiger partial charge in [0.15, 0.2) is 5.69 Å². The predicted molar refractivity (Wildman–Crippen MR) is 89.4 cm³/mol. The number of benzene rings is 1. The summed E-state index contributed by atoms with van der Waals surface area (Å²) in [6, 6.07) is 6.51. The molecule has 7 heteroatoms. The van der Waals surface area contributed by atoms with E-state index in [9.17, 15) is 14.4 Å². The van der Waals surface area contributed by atoms with E-state index < -0.39 is 5.91 Å². The maximum Gasteiger partial charge on any atom is 0.272 e. The highest BCUT2D eigenvalue weighted by atomic mass is 16.2. The summed E-state index contributed by atoms with van der Waals surface area (Å²) in [6.07, 6.45) is 4.28. The third-order valence-corrected chi connectivity index (χ3v) is 4.61. The zero-order valence-electron chi connectivity index (χ0n) is 13.2. The van der Waals surface area contributed by atoms with Crippen LogP contribution in [0, 0.1) is 5.92 Å². The van der Waals surface area contributed by atoms with Crippen molar-refractivity contribution in [2.24, 2.45) is 11.7 Å². The molecule has 0 unspecified atom stereocenters. The largest absolute Gasteiger partial charge is 0.369 e. The van der Waals surface area contributed by atoms with Crippen LogP contribution in [0.2, 0.25) is 0 Å². The van der Waals surface area contributed by atoms with Crippen molar-refractivity contribution in [1.29, 1.82) is 0 Å². The Morgan fingerprint density at radius 3 is 2.58 bits per heavy atom. The maximum absolute atomic E-state index is 12.7. The number of nitrogens with two attached hydrogens (primary N) is 1. The molecule has 1 aromatic heterocycles. The van der Waals surface area contributed by atoms with Crippen molar-refractivity contribution in [2.45, 2.75) is 38.1 Å². The number of fused-ring (bicyclic) bond motifs is 1. The number of aromatic amines is 1. The number of primary amides is 1. The highest BCUT2D eigenvalue weighted by Gasteiger charge is 2.30. The predicted octanol–water partition coefficient (Wildman–Crippen LogP) is 1.09. The summed E-state index contributed by atoms with van der Waals surface area (Å²) in [6.45, 7) is 0. The molecule has 126 valence electrons. The van der Waals surface area contributed by atoms with Crippen molar-refractivity contribution in [3.8, 4) is 0 Å². The molecule has 24 heavy (non-hydrogen) atoms.